The van der Waals surface area contributed by atoms with Crippen LogP contribution in [0, 0.1) is 0 Å². The highest BCUT2D eigenvalue weighted by Gasteiger charge is 2.51. The predicted octanol–water partition coefficient (Wildman–Crippen LogP) is 3.21. The molecule has 0 bridgehead atoms. The lowest BCUT2D eigenvalue weighted by Crippen LogP contribution is -2.57. The van der Waals surface area contributed by atoms with Gasteiger partial charge in [-0.05, 0) is 43.2 Å². The second kappa shape index (κ2) is 4.59. The standard InChI is InChI=1S/C17H25NO2/c1-15(2)9-10-17(11-14(19)20,16(3,4)18)13-8-6-5-7-12(13)15/h5-8H,9-11,18H2,1-4H3,(H,19,20). The number of carboxylic acid groups (broad SMARTS) is 1. The van der Waals surface area contributed by atoms with Crippen LogP contribution < -0.4 is 5.73 Å². The number of hydrogen-bond acceptors (Lipinski definition) is 2. The van der Waals surface area contributed by atoms with Crippen molar-refractivity contribution in [1.82, 2.24) is 0 Å². The summed E-state index contributed by atoms with van der Waals surface area (Å²) >= 11 is 0. The van der Waals surface area contributed by atoms with Gasteiger partial charge in [0.05, 0.1) is 6.42 Å². The maximum absolute atomic E-state index is 11.4. The number of hydrogen-bond donors (Lipinski definition) is 2. The second-order valence-corrected chi connectivity index (χ2v) is 7.30. The summed E-state index contributed by atoms with van der Waals surface area (Å²) in [4.78, 5) is 11.4. The lowest BCUT2D eigenvalue weighted by molar-refractivity contribution is -0.139. The van der Waals surface area contributed by atoms with E-state index in [-0.39, 0.29) is 11.8 Å². The molecule has 0 heterocycles. The monoisotopic (exact) mass is 275 g/mol. The van der Waals surface area contributed by atoms with E-state index in [4.69, 9.17) is 5.73 Å². The van der Waals surface area contributed by atoms with E-state index in [1.807, 2.05) is 26.0 Å². The fourth-order valence-corrected chi connectivity index (χ4v) is 3.62. The molecule has 1 unspecified atom stereocenters. The molecule has 1 atom stereocenters. The van der Waals surface area contributed by atoms with E-state index in [1.54, 1.807) is 0 Å². The van der Waals surface area contributed by atoms with Gasteiger partial charge in [-0.3, -0.25) is 4.79 Å². The molecule has 0 saturated carbocycles. The number of rotatable bonds is 3. The first-order chi connectivity index (χ1) is 9.10. The summed E-state index contributed by atoms with van der Waals surface area (Å²) in [5.41, 5.74) is 7.80. The molecular formula is C17H25NO2. The molecule has 0 aromatic heterocycles. The van der Waals surface area contributed by atoms with Crippen LogP contribution >= 0.6 is 0 Å². The molecule has 1 aromatic rings. The highest BCUT2D eigenvalue weighted by molar-refractivity contribution is 5.70. The van der Waals surface area contributed by atoms with Crippen molar-refractivity contribution in [3.8, 4) is 0 Å². The highest BCUT2D eigenvalue weighted by atomic mass is 16.4. The van der Waals surface area contributed by atoms with E-state index in [0.717, 1.165) is 18.4 Å². The van der Waals surface area contributed by atoms with Crippen LogP contribution in [0.2, 0.25) is 0 Å². The quantitative estimate of drug-likeness (QED) is 0.890. The van der Waals surface area contributed by atoms with Crippen molar-refractivity contribution < 1.29 is 9.90 Å². The molecule has 0 saturated heterocycles. The smallest absolute Gasteiger partial charge is 0.304 e. The van der Waals surface area contributed by atoms with Gasteiger partial charge in [0.1, 0.15) is 0 Å². The van der Waals surface area contributed by atoms with E-state index in [1.165, 1.54) is 5.56 Å². The first-order valence-corrected chi connectivity index (χ1v) is 7.21. The fourth-order valence-electron chi connectivity index (χ4n) is 3.62. The Balaban J connectivity index is 2.69. The molecular weight excluding hydrogens is 250 g/mol. The minimum atomic E-state index is -0.780. The Morgan fingerprint density at radius 2 is 1.80 bits per heavy atom. The summed E-state index contributed by atoms with van der Waals surface area (Å²) in [6.45, 7) is 8.34. The largest absolute Gasteiger partial charge is 0.481 e. The van der Waals surface area contributed by atoms with Crippen LogP contribution in [0.5, 0.6) is 0 Å². The summed E-state index contributed by atoms with van der Waals surface area (Å²) in [6.07, 6.45) is 1.86. The van der Waals surface area contributed by atoms with E-state index in [9.17, 15) is 9.90 Å². The average Bonchev–Trinajstić information content (AvgIpc) is 2.31. The van der Waals surface area contributed by atoms with Crippen molar-refractivity contribution in [1.29, 1.82) is 0 Å². The van der Waals surface area contributed by atoms with E-state index in [0.29, 0.717) is 0 Å². The molecule has 1 aliphatic carbocycles. The molecule has 0 spiro atoms. The third-order valence-corrected chi connectivity index (χ3v) is 5.03. The maximum atomic E-state index is 11.4. The molecule has 110 valence electrons. The topological polar surface area (TPSA) is 63.3 Å². The van der Waals surface area contributed by atoms with Crippen LogP contribution in [0.4, 0.5) is 0 Å². The molecule has 0 amide bonds. The van der Waals surface area contributed by atoms with Crippen LogP contribution in [-0.2, 0) is 15.6 Å². The zero-order chi connectivity index (χ0) is 15.2. The normalized spacial score (nSPS) is 25.1. The summed E-state index contributed by atoms with van der Waals surface area (Å²) in [5.74, 6) is -0.780. The second-order valence-electron chi connectivity index (χ2n) is 7.30. The van der Waals surface area contributed by atoms with Crippen molar-refractivity contribution in [3.05, 3.63) is 35.4 Å². The van der Waals surface area contributed by atoms with Gasteiger partial charge >= 0.3 is 5.97 Å². The molecule has 1 aromatic carbocycles. The molecule has 2 rings (SSSR count). The van der Waals surface area contributed by atoms with Gasteiger partial charge in [0.25, 0.3) is 0 Å². The van der Waals surface area contributed by atoms with E-state index < -0.39 is 16.9 Å². The van der Waals surface area contributed by atoms with Crippen molar-refractivity contribution in [2.45, 2.75) is 63.3 Å². The Kier molecular flexibility index (Phi) is 3.45. The minimum absolute atomic E-state index is 0.0733. The van der Waals surface area contributed by atoms with Gasteiger partial charge in [-0.15, -0.1) is 0 Å². The number of carbonyl (C=O) groups is 1. The Morgan fingerprint density at radius 1 is 1.25 bits per heavy atom. The molecule has 20 heavy (non-hydrogen) atoms. The number of carboxylic acids is 1. The van der Waals surface area contributed by atoms with Crippen molar-refractivity contribution in [3.63, 3.8) is 0 Å². The van der Waals surface area contributed by atoms with Crippen LogP contribution in [0.15, 0.2) is 24.3 Å². The minimum Gasteiger partial charge on any atom is -0.481 e. The summed E-state index contributed by atoms with van der Waals surface area (Å²) in [5, 5.41) is 9.39. The van der Waals surface area contributed by atoms with Crippen LogP contribution in [0.1, 0.15) is 58.1 Å². The van der Waals surface area contributed by atoms with Gasteiger partial charge in [0, 0.05) is 11.0 Å². The number of fused-ring (bicyclic) bond motifs is 1. The van der Waals surface area contributed by atoms with E-state index >= 15 is 0 Å². The van der Waals surface area contributed by atoms with Gasteiger partial charge in [0.2, 0.25) is 0 Å². The van der Waals surface area contributed by atoms with Gasteiger partial charge in [0.15, 0.2) is 0 Å². The molecule has 0 fully saturated rings. The Hall–Kier alpha value is -1.35. The molecule has 1 aliphatic rings. The zero-order valence-corrected chi connectivity index (χ0v) is 12.9. The van der Waals surface area contributed by atoms with Gasteiger partial charge in [-0.2, -0.15) is 0 Å². The molecule has 0 radical (unpaired) electrons. The lowest BCUT2D eigenvalue weighted by Gasteiger charge is -2.51. The summed E-state index contributed by atoms with van der Waals surface area (Å²) in [7, 11) is 0. The van der Waals surface area contributed by atoms with Crippen LogP contribution in [0.3, 0.4) is 0 Å². The Morgan fingerprint density at radius 3 is 2.30 bits per heavy atom. The fraction of sp³-hybridized carbons (Fsp3) is 0.588. The van der Waals surface area contributed by atoms with Gasteiger partial charge in [-0.1, -0.05) is 38.1 Å². The van der Waals surface area contributed by atoms with Gasteiger partial charge < -0.3 is 10.8 Å². The molecule has 3 N–H and O–H groups in total. The van der Waals surface area contributed by atoms with Crippen LogP contribution in [0.25, 0.3) is 0 Å². The average molecular weight is 275 g/mol. The third-order valence-electron chi connectivity index (χ3n) is 5.03. The predicted molar refractivity (Wildman–Crippen MR) is 80.9 cm³/mol. The van der Waals surface area contributed by atoms with Crippen LogP contribution in [-0.4, -0.2) is 16.6 Å². The Bertz CT molecular complexity index is 528. The molecule has 0 aliphatic heterocycles. The Labute approximate surface area is 121 Å². The first kappa shape index (κ1) is 15.0. The first-order valence-electron chi connectivity index (χ1n) is 7.21. The zero-order valence-electron chi connectivity index (χ0n) is 12.9. The lowest BCUT2D eigenvalue weighted by atomic mass is 9.54. The van der Waals surface area contributed by atoms with Crippen molar-refractivity contribution in [2.24, 2.45) is 5.73 Å². The molecule has 3 heteroatoms. The number of nitrogens with two attached hydrogens (primary N) is 1. The highest BCUT2D eigenvalue weighted by Crippen LogP contribution is 2.51. The number of aliphatic carboxylic acids is 1. The molecule has 3 nitrogen and oxygen atoms in total. The SMILES string of the molecule is CC1(C)CCC(CC(=O)O)(C(C)(C)N)c2ccccc21. The van der Waals surface area contributed by atoms with E-state index in [2.05, 4.69) is 26.0 Å². The summed E-state index contributed by atoms with van der Waals surface area (Å²) < 4.78 is 0. The van der Waals surface area contributed by atoms with Crippen molar-refractivity contribution in [2.75, 3.05) is 0 Å². The third kappa shape index (κ3) is 2.24. The van der Waals surface area contributed by atoms with Crippen molar-refractivity contribution >= 4 is 5.97 Å². The maximum Gasteiger partial charge on any atom is 0.304 e. The van der Waals surface area contributed by atoms with Gasteiger partial charge in [-0.25, -0.2) is 0 Å². The number of benzene rings is 1. The summed E-state index contributed by atoms with van der Waals surface area (Å²) in [6, 6.07) is 8.20.